The minimum absolute atomic E-state index is 0.169. The van der Waals surface area contributed by atoms with Crippen molar-refractivity contribution in [3.63, 3.8) is 0 Å². The molecule has 1 aliphatic carbocycles. The fourth-order valence-corrected chi connectivity index (χ4v) is 3.20. The van der Waals surface area contributed by atoms with Gasteiger partial charge in [0.15, 0.2) is 5.69 Å². The summed E-state index contributed by atoms with van der Waals surface area (Å²) in [4.78, 5) is 12.6. The molecule has 0 saturated heterocycles. The molecular formula is C22H19N3O. The predicted octanol–water partition coefficient (Wildman–Crippen LogP) is 3.94. The van der Waals surface area contributed by atoms with Crippen LogP contribution in [0, 0.1) is 11.8 Å². The van der Waals surface area contributed by atoms with E-state index >= 15 is 0 Å². The SMILES string of the molecule is O=C(Nc1cccc(C#Cc2ccccc2)c1)c1n[nH]c2c1CCCC2. The first-order valence-corrected chi connectivity index (χ1v) is 8.84. The van der Waals surface area contributed by atoms with Crippen LogP contribution < -0.4 is 5.32 Å². The van der Waals surface area contributed by atoms with Gasteiger partial charge in [-0.3, -0.25) is 9.89 Å². The van der Waals surface area contributed by atoms with E-state index in [2.05, 4.69) is 27.4 Å². The number of rotatable bonds is 2. The Morgan fingerprint density at radius 2 is 1.73 bits per heavy atom. The Morgan fingerprint density at radius 3 is 2.62 bits per heavy atom. The van der Waals surface area contributed by atoms with Crippen LogP contribution in [0.25, 0.3) is 0 Å². The zero-order valence-corrected chi connectivity index (χ0v) is 14.4. The quantitative estimate of drug-likeness (QED) is 0.694. The molecule has 0 spiro atoms. The van der Waals surface area contributed by atoms with Gasteiger partial charge >= 0.3 is 0 Å². The van der Waals surface area contributed by atoms with Crippen LogP contribution in [0.15, 0.2) is 54.6 Å². The molecule has 4 rings (SSSR count). The fourth-order valence-electron chi connectivity index (χ4n) is 3.20. The molecule has 4 heteroatoms. The Kier molecular flexibility index (Phi) is 4.53. The molecule has 0 atom stereocenters. The monoisotopic (exact) mass is 341 g/mol. The lowest BCUT2D eigenvalue weighted by Crippen LogP contribution is -2.15. The van der Waals surface area contributed by atoms with Crippen LogP contribution in [-0.4, -0.2) is 16.1 Å². The topological polar surface area (TPSA) is 57.8 Å². The highest BCUT2D eigenvalue weighted by Gasteiger charge is 2.21. The van der Waals surface area contributed by atoms with Crippen LogP contribution in [0.3, 0.4) is 0 Å². The van der Waals surface area contributed by atoms with Crippen LogP contribution in [0.1, 0.15) is 45.7 Å². The van der Waals surface area contributed by atoms with E-state index in [1.807, 2.05) is 54.6 Å². The zero-order chi connectivity index (χ0) is 17.8. The smallest absolute Gasteiger partial charge is 0.276 e. The molecule has 2 aromatic carbocycles. The number of hydrogen-bond acceptors (Lipinski definition) is 2. The van der Waals surface area contributed by atoms with Crippen LogP contribution in [0.5, 0.6) is 0 Å². The minimum atomic E-state index is -0.169. The molecular weight excluding hydrogens is 322 g/mol. The third-order valence-electron chi connectivity index (χ3n) is 4.52. The maximum atomic E-state index is 12.6. The second-order valence-corrected chi connectivity index (χ2v) is 6.39. The van der Waals surface area contributed by atoms with E-state index in [0.29, 0.717) is 5.69 Å². The Hall–Kier alpha value is -3.32. The van der Waals surface area contributed by atoms with Crippen molar-refractivity contribution >= 4 is 11.6 Å². The first-order chi connectivity index (χ1) is 12.8. The van der Waals surface area contributed by atoms with Crippen molar-refractivity contribution in [2.24, 2.45) is 0 Å². The van der Waals surface area contributed by atoms with E-state index in [9.17, 15) is 4.79 Å². The molecule has 0 unspecified atom stereocenters. The van der Waals surface area contributed by atoms with Gasteiger partial charge in [0.05, 0.1) is 0 Å². The van der Waals surface area contributed by atoms with Gasteiger partial charge in [-0.05, 0) is 56.0 Å². The number of aryl methyl sites for hydroxylation is 1. The molecule has 0 saturated carbocycles. The summed E-state index contributed by atoms with van der Waals surface area (Å²) >= 11 is 0. The van der Waals surface area contributed by atoms with E-state index < -0.39 is 0 Å². The van der Waals surface area contributed by atoms with Gasteiger partial charge in [0.2, 0.25) is 0 Å². The van der Waals surface area contributed by atoms with Gasteiger partial charge in [0.1, 0.15) is 0 Å². The number of anilines is 1. The van der Waals surface area contributed by atoms with Gasteiger partial charge in [-0.25, -0.2) is 0 Å². The largest absolute Gasteiger partial charge is 0.321 e. The lowest BCUT2D eigenvalue weighted by Gasteiger charge is -2.11. The summed E-state index contributed by atoms with van der Waals surface area (Å²) in [5, 5.41) is 10.2. The maximum absolute atomic E-state index is 12.6. The summed E-state index contributed by atoms with van der Waals surface area (Å²) in [7, 11) is 0. The van der Waals surface area contributed by atoms with Crippen molar-refractivity contribution in [2.75, 3.05) is 5.32 Å². The number of carbonyl (C=O) groups is 1. The van der Waals surface area contributed by atoms with E-state index in [1.54, 1.807) is 0 Å². The summed E-state index contributed by atoms with van der Waals surface area (Å²) in [6, 6.07) is 17.4. The first-order valence-electron chi connectivity index (χ1n) is 8.84. The number of aromatic amines is 1. The third-order valence-corrected chi connectivity index (χ3v) is 4.52. The van der Waals surface area contributed by atoms with Gasteiger partial charge < -0.3 is 5.32 Å². The van der Waals surface area contributed by atoms with Crippen LogP contribution >= 0.6 is 0 Å². The molecule has 0 fully saturated rings. The summed E-state index contributed by atoms with van der Waals surface area (Å²) in [6.45, 7) is 0. The molecule has 0 radical (unpaired) electrons. The number of H-pyrrole nitrogens is 1. The Morgan fingerprint density at radius 1 is 0.962 bits per heavy atom. The standard InChI is InChI=1S/C22H19N3O/c26-22(21-19-11-4-5-12-20(19)24-25-21)23-18-10-6-9-17(15-18)14-13-16-7-2-1-3-8-16/h1-3,6-10,15H,4-5,11-12H2,(H,23,26)(H,24,25). The van der Waals surface area contributed by atoms with Crippen molar-refractivity contribution < 1.29 is 4.79 Å². The second kappa shape index (κ2) is 7.28. The molecule has 3 aromatic rings. The van der Waals surface area contributed by atoms with Crippen molar-refractivity contribution in [2.45, 2.75) is 25.7 Å². The fraction of sp³-hybridized carbons (Fsp3) is 0.182. The first kappa shape index (κ1) is 16.2. The number of benzene rings is 2. The lowest BCUT2D eigenvalue weighted by molar-refractivity contribution is 0.102. The number of hydrogen-bond donors (Lipinski definition) is 2. The van der Waals surface area contributed by atoms with Crippen LogP contribution in [0.2, 0.25) is 0 Å². The predicted molar refractivity (Wildman–Crippen MR) is 102 cm³/mol. The molecule has 1 aliphatic rings. The summed E-state index contributed by atoms with van der Waals surface area (Å²) in [6.07, 6.45) is 4.15. The minimum Gasteiger partial charge on any atom is -0.321 e. The average Bonchev–Trinajstić information content (AvgIpc) is 3.12. The molecule has 128 valence electrons. The van der Waals surface area contributed by atoms with Gasteiger partial charge in [-0.1, -0.05) is 36.1 Å². The van der Waals surface area contributed by atoms with Crippen molar-refractivity contribution in [1.29, 1.82) is 0 Å². The number of nitrogens with zero attached hydrogens (tertiary/aromatic N) is 1. The summed E-state index contributed by atoms with van der Waals surface area (Å²) in [5.41, 5.74) is 5.22. The highest BCUT2D eigenvalue weighted by Crippen LogP contribution is 2.23. The van der Waals surface area contributed by atoms with Gasteiger partial charge in [0.25, 0.3) is 5.91 Å². The van der Waals surface area contributed by atoms with E-state index in [-0.39, 0.29) is 5.91 Å². The molecule has 1 heterocycles. The Labute approximate surface area is 152 Å². The van der Waals surface area contributed by atoms with Crippen molar-refractivity contribution in [1.82, 2.24) is 10.2 Å². The zero-order valence-electron chi connectivity index (χ0n) is 14.4. The normalized spacial score (nSPS) is 12.6. The number of carbonyl (C=O) groups excluding carboxylic acids is 1. The number of nitrogens with one attached hydrogen (secondary N) is 2. The van der Waals surface area contributed by atoms with Crippen molar-refractivity contribution in [3.05, 3.63) is 82.7 Å². The Balaban J connectivity index is 1.51. The Bertz CT molecular complexity index is 993. The molecule has 1 amide bonds. The molecule has 2 N–H and O–H groups in total. The van der Waals surface area contributed by atoms with E-state index in [1.165, 1.54) is 0 Å². The van der Waals surface area contributed by atoms with Gasteiger partial charge in [-0.15, -0.1) is 0 Å². The number of fused-ring (bicyclic) bond motifs is 1. The van der Waals surface area contributed by atoms with Crippen molar-refractivity contribution in [3.8, 4) is 11.8 Å². The molecule has 4 nitrogen and oxygen atoms in total. The van der Waals surface area contributed by atoms with Gasteiger partial charge in [-0.2, -0.15) is 5.10 Å². The lowest BCUT2D eigenvalue weighted by atomic mass is 9.96. The van der Waals surface area contributed by atoms with E-state index in [4.69, 9.17) is 0 Å². The molecule has 0 aliphatic heterocycles. The third kappa shape index (κ3) is 3.52. The highest BCUT2D eigenvalue weighted by molar-refractivity contribution is 6.04. The second-order valence-electron chi connectivity index (χ2n) is 6.39. The highest BCUT2D eigenvalue weighted by atomic mass is 16.1. The molecule has 1 aromatic heterocycles. The molecule has 26 heavy (non-hydrogen) atoms. The average molecular weight is 341 g/mol. The number of aromatic nitrogens is 2. The number of amides is 1. The van der Waals surface area contributed by atoms with Crippen LogP contribution in [-0.2, 0) is 12.8 Å². The summed E-state index contributed by atoms with van der Waals surface area (Å²) in [5.74, 6) is 6.10. The molecule has 0 bridgehead atoms. The summed E-state index contributed by atoms with van der Waals surface area (Å²) < 4.78 is 0. The van der Waals surface area contributed by atoms with E-state index in [0.717, 1.165) is 53.8 Å². The van der Waals surface area contributed by atoms with Crippen LogP contribution in [0.4, 0.5) is 5.69 Å². The maximum Gasteiger partial charge on any atom is 0.276 e. The van der Waals surface area contributed by atoms with Gasteiger partial charge in [0, 0.05) is 28.1 Å².